The molecule has 0 aliphatic carbocycles. The van der Waals surface area contributed by atoms with Crippen LogP contribution in [0.25, 0.3) is 0 Å². The van der Waals surface area contributed by atoms with Crippen molar-refractivity contribution < 1.29 is 36.2 Å². The second-order valence-electron chi connectivity index (χ2n) is 1.95. The molecule has 0 heterocycles. The van der Waals surface area contributed by atoms with Gasteiger partial charge in [-0.15, -0.1) is 0 Å². The van der Waals surface area contributed by atoms with Gasteiger partial charge in [0, 0.05) is 6.08 Å². The van der Waals surface area contributed by atoms with E-state index in [-0.39, 0.29) is 0 Å². The molecule has 0 aliphatic rings. The van der Waals surface area contributed by atoms with E-state index < -0.39 is 24.7 Å². The van der Waals surface area contributed by atoms with Gasteiger partial charge >= 0.3 is 18.3 Å². The summed E-state index contributed by atoms with van der Waals surface area (Å²) in [6.45, 7) is 2.96. The minimum atomic E-state index is -5.14. The van der Waals surface area contributed by atoms with E-state index in [2.05, 4.69) is 6.58 Å². The van der Waals surface area contributed by atoms with Crippen molar-refractivity contribution in [3.8, 4) is 0 Å². The lowest BCUT2D eigenvalue weighted by Gasteiger charge is -2.08. The van der Waals surface area contributed by atoms with Gasteiger partial charge in [-0.25, -0.2) is 4.79 Å². The molecule has 0 aliphatic heterocycles. The third-order valence-electron chi connectivity index (χ3n) is 0.576. The quantitative estimate of drug-likeness (QED) is 0.549. The van der Waals surface area contributed by atoms with Gasteiger partial charge in [0.15, 0.2) is 0 Å². The zero-order chi connectivity index (χ0) is 12.0. The van der Waals surface area contributed by atoms with Crippen LogP contribution in [0.2, 0.25) is 0 Å². The first kappa shape index (κ1) is 15.3. The molecule has 0 rings (SSSR count). The van der Waals surface area contributed by atoms with Gasteiger partial charge in [0.1, 0.15) is 6.42 Å². The monoisotopic (exact) mass is 224 g/mol. The Kier molecular flexibility index (Phi) is 6.01. The van der Waals surface area contributed by atoms with Gasteiger partial charge in [-0.05, 0) is 0 Å². The molecule has 84 valence electrons. The van der Waals surface area contributed by atoms with E-state index in [9.17, 15) is 31.1 Å². The van der Waals surface area contributed by atoms with E-state index in [0.29, 0.717) is 0 Å². The molecule has 0 bridgehead atoms. The third-order valence-corrected chi connectivity index (χ3v) is 0.576. The molecule has 0 fully saturated rings. The van der Waals surface area contributed by atoms with Crippen LogP contribution in [-0.4, -0.2) is 23.4 Å². The zero-order valence-electron chi connectivity index (χ0n) is 6.61. The van der Waals surface area contributed by atoms with E-state index in [4.69, 9.17) is 5.11 Å². The number of aliphatic carboxylic acids is 1. The second-order valence-corrected chi connectivity index (χ2v) is 1.95. The molecule has 0 aromatic heterocycles. The highest BCUT2D eigenvalue weighted by atomic mass is 19.4. The van der Waals surface area contributed by atoms with Gasteiger partial charge in [0.05, 0.1) is 0 Å². The molecule has 0 spiro atoms. The van der Waals surface area contributed by atoms with E-state index in [0.717, 1.165) is 6.08 Å². The predicted molar refractivity (Wildman–Crippen MR) is 34.6 cm³/mol. The van der Waals surface area contributed by atoms with Crippen LogP contribution in [0.15, 0.2) is 12.7 Å². The Balaban J connectivity index is 0. The van der Waals surface area contributed by atoms with Gasteiger partial charge in [-0.3, -0.25) is 0 Å². The summed E-state index contributed by atoms with van der Waals surface area (Å²) in [5.41, 5.74) is 0. The fourth-order valence-electron chi connectivity index (χ4n) is 0.227. The standard InChI is InChI=1S/C3H2F6.C3H4O2/c4-2(5,6)1-3(7,8)9;1-2-3(4)5/h1H2;2H,1H2,(H,4,5). The lowest BCUT2D eigenvalue weighted by molar-refractivity contribution is -0.232. The zero-order valence-corrected chi connectivity index (χ0v) is 6.61. The Morgan fingerprint density at radius 2 is 1.36 bits per heavy atom. The van der Waals surface area contributed by atoms with Crippen molar-refractivity contribution in [2.24, 2.45) is 0 Å². The molecule has 0 saturated heterocycles. The van der Waals surface area contributed by atoms with E-state index in [1.807, 2.05) is 0 Å². The minimum Gasteiger partial charge on any atom is -0.478 e. The highest BCUT2D eigenvalue weighted by Crippen LogP contribution is 2.31. The molecule has 0 aromatic rings. The van der Waals surface area contributed by atoms with Crippen molar-refractivity contribution in [1.82, 2.24) is 0 Å². The summed E-state index contributed by atoms with van der Waals surface area (Å²) in [4.78, 5) is 9.25. The number of hydrogen-bond acceptors (Lipinski definition) is 1. The first-order valence-corrected chi connectivity index (χ1v) is 2.97. The topological polar surface area (TPSA) is 37.3 Å². The summed E-state index contributed by atoms with van der Waals surface area (Å²) >= 11 is 0. The van der Waals surface area contributed by atoms with E-state index >= 15 is 0 Å². The Morgan fingerprint density at radius 1 is 1.14 bits per heavy atom. The van der Waals surface area contributed by atoms with Crippen molar-refractivity contribution in [2.75, 3.05) is 0 Å². The van der Waals surface area contributed by atoms with Crippen LogP contribution < -0.4 is 0 Å². The Labute approximate surface area is 74.8 Å². The molecular weight excluding hydrogens is 218 g/mol. The second kappa shape index (κ2) is 5.51. The number of carboxylic acids is 1. The predicted octanol–water partition coefficient (Wildman–Crippen LogP) is 2.76. The smallest absolute Gasteiger partial charge is 0.397 e. The number of carbonyl (C=O) groups is 1. The Hall–Kier alpha value is -1.21. The summed E-state index contributed by atoms with van der Waals surface area (Å²) in [6.07, 6.45) is -12.2. The fraction of sp³-hybridized carbons (Fsp3) is 0.500. The Bertz CT molecular complexity index is 179. The number of carboxylic acid groups (broad SMARTS) is 1. The molecule has 0 amide bonds. The molecular formula is C6H6F6O2. The van der Waals surface area contributed by atoms with Crippen LogP contribution in [0.3, 0.4) is 0 Å². The number of halogens is 6. The average molecular weight is 224 g/mol. The van der Waals surface area contributed by atoms with Crippen LogP contribution in [0.5, 0.6) is 0 Å². The van der Waals surface area contributed by atoms with Crippen molar-refractivity contribution in [3.63, 3.8) is 0 Å². The maximum Gasteiger partial charge on any atom is 0.397 e. The maximum absolute atomic E-state index is 10.8. The lowest BCUT2D eigenvalue weighted by atomic mass is 10.4. The van der Waals surface area contributed by atoms with Gasteiger partial charge in [0.2, 0.25) is 0 Å². The van der Waals surface area contributed by atoms with Crippen LogP contribution in [0.1, 0.15) is 6.42 Å². The molecule has 14 heavy (non-hydrogen) atoms. The van der Waals surface area contributed by atoms with Crippen molar-refractivity contribution in [2.45, 2.75) is 18.8 Å². The van der Waals surface area contributed by atoms with Gasteiger partial charge < -0.3 is 5.11 Å². The molecule has 2 nitrogen and oxygen atoms in total. The normalized spacial score (nSPS) is 11.3. The highest BCUT2D eigenvalue weighted by Gasteiger charge is 2.43. The molecule has 0 radical (unpaired) electrons. The highest BCUT2D eigenvalue weighted by molar-refractivity contribution is 5.78. The molecule has 1 N–H and O–H groups in total. The molecule has 0 aromatic carbocycles. The summed E-state index contributed by atoms with van der Waals surface area (Å²) < 4.78 is 65.0. The van der Waals surface area contributed by atoms with E-state index in [1.54, 1.807) is 0 Å². The fourth-order valence-corrected chi connectivity index (χ4v) is 0.227. The number of hydrogen-bond donors (Lipinski definition) is 1. The number of rotatable bonds is 1. The summed E-state index contributed by atoms with van der Waals surface area (Å²) in [5.74, 6) is -0.981. The number of alkyl halides is 6. The van der Waals surface area contributed by atoms with Crippen molar-refractivity contribution >= 4 is 5.97 Å². The first-order valence-electron chi connectivity index (χ1n) is 2.97. The van der Waals surface area contributed by atoms with Crippen molar-refractivity contribution in [3.05, 3.63) is 12.7 Å². The van der Waals surface area contributed by atoms with Crippen LogP contribution in [0, 0.1) is 0 Å². The molecule has 0 atom stereocenters. The molecule has 0 unspecified atom stereocenters. The minimum absolute atomic E-state index is 0.833. The van der Waals surface area contributed by atoms with Crippen LogP contribution in [-0.2, 0) is 4.79 Å². The van der Waals surface area contributed by atoms with Gasteiger partial charge in [0.25, 0.3) is 0 Å². The first-order chi connectivity index (χ1) is 5.98. The third kappa shape index (κ3) is 22.4. The average Bonchev–Trinajstić information content (AvgIpc) is 1.80. The lowest BCUT2D eigenvalue weighted by Crippen LogP contribution is -2.20. The summed E-state index contributed by atoms with van der Waals surface area (Å²) in [6, 6.07) is 0. The van der Waals surface area contributed by atoms with E-state index in [1.165, 1.54) is 0 Å². The van der Waals surface area contributed by atoms with Gasteiger partial charge in [-0.1, -0.05) is 6.58 Å². The summed E-state index contributed by atoms with van der Waals surface area (Å²) in [5, 5.41) is 7.60. The maximum atomic E-state index is 10.8. The largest absolute Gasteiger partial charge is 0.478 e. The van der Waals surface area contributed by atoms with Crippen LogP contribution >= 0.6 is 0 Å². The molecule has 8 heteroatoms. The van der Waals surface area contributed by atoms with Crippen LogP contribution in [0.4, 0.5) is 26.3 Å². The van der Waals surface area contributed by atoms with Gasteiger partial charge in [-0.2, -0.15) is 26.3 Å². The SMILES string of the molecule is C=CC(=O)O.FC(F)(F)CC(F)(F)F. The van der Waals surface area contributed by atoms with Crippen molar-refractivity contribution in [1.29, 1.82) is 0 Å². The Morgan fingerprint density at radius 3 is 1.36 bits per heavy atom. The molecule has 0 saturated carbocycles. The summed E-state index contributed by atoms with van der Waals surface area (Å²) in [7, 11) is 0.